The highest BCUT2D eigenvalue weighted by Crippen LogP contribution is 2.12. The average molecular weight is 252 g/mol. The monoisotopic (exact) mass is 252 g/mol. The lowest BCUT2D eigenvalue weighted by atomic mass is 10.2. The molecule has 4 nitrogen and oxygen atoms in total. The Morgan fingerprint density at radius 3 is 2.72 bits per heavy atom. The fourth-order valence-corrected chi connectivity index (χ4v) is 1.58. The van der Waals surface area contributed by atoms with Crippen LogP contribution in [-0.4, -0.2) is 31.3 Å². The predicted octanol–water partition coefficient (Wildman–Crippen LogP) is 2.30. The first-order valence-corrected chi connectivity index (χ1v) is 6.44. The van der Waals surface area contributed by atoms with Crippen molar-refractivity contribution in [1.29, 1.82) is 0 Å². The van der Waals surface area contributed by atoms with Crippen LogP contribution >= 0.6 is 0 Å². The van der Waals surface area contributed by atoms with Crippen LogP contribution < -0.4 is 10.1 Å². The Hall–Kier alpha value is -1.13. The lowest BCUT2D eigenvalue weighted by Gasteiger charge is -2.11. The molecule has 4 heteroatoms. The molecule has 1 rings (SSSR count). The number of rotatable bonds is 8. The van der Waals surface area contributed by atoms with Crippen molar-refractivity contribution in [3.63, 3.8) is 0 Å². The zero-order valence-electron chi connectivity index (χ0n) is 11.8. The minimum absolute atomic E-state index is 0.476. The topological polar surface area (TPSA) is 43.4 Å². The minimum atomic E-state index is 0.476. The van der Waals surface area contributed by atoms with E-state index in [-0.39, 0.29) is 0 Å². The highest BCUT2D eigenvalue weighted by molar-refractivity contribution is 5.24. The van der Waals surface area contributed by atoms with Crippen LogP contribution in [-0.2, 0) is 11.3 Å². The molecule has 0 radical (unpaired) electrons. The van der Waals surface area contributed by atoms with Crippen LogP contribution in [0.25, 0.3) is 0 Å². The molecule has 0 unspecified atom stereocenters. The summed E-state index contributed by atoms with van der Waals surface area (Å²) in [5.41, 5.74) is 2.19. The van der Waals surface area contributed by atoms with Gasteiger partial charge in [0.25, 0.3) is 0 Å². The summed E-state index contributed by atoms with van der Waals surface area (Å²) in [6.45, 7) is 8.46. The highest BCUT2D eigenvalue weighted by atomic mass is 16.5. The average Bonchev–Trinajstić information content (AvgIpc) is 2.32. The van der Waals surface area contributed by atoms with Gasteiger partial charge in [-0.1, -0.05) is 13.8 Å². The van der Waals surface area contributed by atoms with E-state index in [1.165, 1.54) is 5.56 Å². The maximum absolute atomic E-state index is 5.62. The van der Waals surface area contributed by atoms with Gasteiger partial charge in [0.15, 0.2) is 0 Å². The summed E-state index contributed by atoms with van der Waals surface area (Å²) in [6.07, 6.45) is 0.881. The SMILES string of the molecule is COCCCOc1cc(CNC(C)C)cc(C)n1. The molecule has 0 amide bonds. The van der Waals surface area contributed by atoms with Crippen LogP contribution in [0.3, 0.4) is 0 Å². The molecule has 1 heterocycles. The Labute approximate surface area is 110 Å². The Bertz CT molecular complexity index is 354. The van der Waals surface area contributed by atoms with Gasteiger partial charge >= 0.3 is 0 Å². The first-order chi connectivity index (χ1) is 8.61. The second-order valence-corrected chi connectivity index (χ2v) is 4.69. The third kappa shape index (κ3) is 5.98. The number of hydrogen-bond acceptors (Lipinski definition) is 4. The van der Waals surface area contributed by atoms with Crippen molar-refractivity contribution >= 4 is 0 Å². The number of aryl methyl sites for hydroxylation is 1. The summed E-state index contributed by atoms with van der Waals surface area (Å²) in [7, 11) is 1.70. The van der Waals surface area contributed by atoms with Crippen molar-refractivity contribution in [2.75, 3.05) is 20.3 Å². The zero-order valence-corrected chi connectivity index (χ0v) is 11.8. The number of methoxy groups -OCH3 is 1. The number of ether oxygens (including phenoxy) is 2. The quantitative estimate of drug-likeness (QED) is 0.721. The molecule has 0 aliphatic heterocycles. The van der Waals surface area contributed by atoms with Gasteiger partial charge in [0, 0.05) is 44.5 Å². The summed E-state index contributed by atoms with van der Waals surface area (Å²) in [5.74, 6) is 0.701. The van der Waals surface area contributed by atoms with Gasteiger partial charge in [-0.05, 0) is 18.6 Å². The summed E-state index contributed by atoms with van der Waals surface area (Å²) in [6, 6.07) is 4.55. The summed E-state index contributed by atoms with van der Waals surface area (Å²) in [4.78, 5) is 4.37. The molecule has 0 aromatic carbocycles. The van der Waals surface area contributed by atoms with E-state index < -0.39 is 0 Å². The molecule has 1 N–H and O–H groups in total. The van der Waals surface area contributed by atoms with E-state index in [0.717, 1.165) is 18.7 Å². The molecule has 0 aliphatic rings. The van der Waals surface area contributed by atoms with E-state index in [1.807, 2.05) is 13.0 Å². The van der Waals surface area contributed by atoms with Crippen molar-refractivity contribution in [3.05, 3.63) is 23.4 Å². The molecule has 0 atom stereocenters. The molecular formula is C14H24N2O2. The summed E-state index contributed by atoms with van der Waals surface area (Å²) >= 11 is 0. The van der Waals surface area contributed by atoms with Gasteiger partial charge in [-0.2, -0.15) is 0 Å². The van der Waals surface area contributed by atoms with Gasteiger partial charge in [-0.25, -0.2) is 4.98 Å². The molecule has 18 heavy (non-hydrogen) atoms. The predicted molar refractivity (Wildman–Crippen MR) is 72.9 cm³/mol. The first-order valence-electron chi connectivity index (χ1n) is 6.44. The maximum Gasteiger partial charge on any atom is 0.213 e. The molecule has 0 fully saturated rings. The molecule has 0 bridgehead atoms. The van der Waals surface area contributed by atoms with E-state index in [4.69, 9.17) is 9.47 Å². The van der Waals surface area contributed by atoms with Crippen molar-refractivity contribution in [3.8, 4) is 5.88 Å². The fourth-order valence-electron chi connectivity index (χ4n) is 1.58. The number of nitrogens with zero attached hydrogens (tertiary/aromatic N) is 1. The number of nitrogens with one attached hydrogen (secondary N) is 1. The maximum atomic E-state index is 5.62. The fraction of sp³-hybridized carbons (Fsp3) is 0.643. The lowest BCUT2D eigenvalue weighted by Crippen LogP contribution is -2.22. The number of hydrogen-bond donors (Lipinski definition) is 1. The lowest BCUT2D eigenvalue weighted by molar-refractivity contribution is 0.170. The number of pyridine rings is 1. The second-order valence-electron chi connectivity index (χ2n) is 4.69. The Morgan fingerprint density at radius 2 is 2.06 bits per heavy atom. The van der Waals surface area contributed by atoms with Crippen molar-refractivity contribution in [2.24, 2.45) is 0 Å². The van der Waals surface area contributed by atoms with Crippen LogP contribution in [0, 0.1) is 6.92 Å². The van der Waals surface area contributed by atoms with Gasteiger partial charge in [-0.3, -0.25) is 0 Å². The summed E-state index contributed by atoms with van der Waals surface area (Å²) < 4.78 is 10.6. The molecule has 102 valence electrons. The molecule has 0 aliphatic carbocycles. The smallest absolute Gasteiger partial charge is 0.213 e. The largest absolute Gasteiger partial charge is 0.478 e. The van der Waals surface area contributed by atoms with E-state index in [2.05, 4.69) is 30.2 Å². The summed E-state index contributed by atoms with van der Waals surface area (Å²) in [5, 5.41) is 3.39. The van der Waals surface area contributed by atoms with Crippen molar-refractivity contribution in [2.45, 2.75) is 39.8 Å². The third-order valence-electron chi connectivity index (χ3n) is 2.45. The van der Waals surface area contributed by atoms with Crippen molar-refractivity contribution in [1.82, 2.24) is 10.3 Å². The van der Waals surface area contributed by atoms with Gasteiger partial charge in [0.2, 0.25) is 5.88 Å². The van der Waals surface area contributed by atoms with E-state index in [9.17, 15) is 0 Å². The number of aromatic nitrogens is 1. The Balaban J connectivity index is 2.51. The van der Waals surface area contributed by atoms with Gasteiger partial charge in [-0.15, -0.1) is 0 Å². The van der Waals surface area contributed by atoms with Crippen LogP contribution in [0.1, 0.15) is 31.5 Å². The normalized spacial score (nSPS) is 10.9. The van der Waals surface area contributed by atoms with Gasteiger partial charge < -0.3 is 14.8 Å². The minimum Gasteiger partial charge on any atom is -0.478 e. The standard InChI is InChI=1S/C14H24N2O2/c1-11(2)15-10-13-8-12(3)16-14(9-13)18-7-5-6-17-4/h8-9,11,15H,5-7,10H2,1-4H3. The third-order valence-corrected chi connectivity index (χ3v) is 2.45. The van der Waals surface area contributed by atoms with Crippen molar-refractivity contribution < 1.29 is 9.47 Å². The van der Waals surface area contributed by atoms with E-state index in [0.29, 0.717) is 25.1 Å². The van der Waals surface area contributed by atoms with Gasteiger partial charge in [0.05, 0.1) is 6.61 Å². The second kappa shape index (κ2) is 8.06. The molecule has 1 aromatic rings. The van der Waals surface area contributed by atoms with Crippen LogP contribution in [0.4, 0.5) is 0 Å². The molecule has 0 saturated heterocycles. The molecular weight excluding hydrogens is 228 g/mol. The van der Waals surface area contributed by atoms with Crippen LogP contribution in [0.2, 0.25) is 0 Å². The Morgan fingerprint density at radius 1 is 1.28 bits per heavy atom. The van der Waals surface area contributed by atoms with E-state index >= 15 is 0 Å². The Kier molecular flexibility index (Phi) is 6.68. The molecule has 0 saturated carbocycles. The molecule has 1 aromatic heterocycles. The van der Waals surface area contributed by atoms with Crippen LogP contribution in [0.5, 0.6) is 5.88 Å². The highest BCUT2D eigenvalue weighted by Gasteiger charge is 2.02. The van der Waals surface area contributed by atoms with E-state index in [1.54, 1.807) is 7.11 Å². The van der Waals surface area contributed by atoms with Gasteiger partial charge in [0.1, 0.15) is 0 Å². The zero-order chi connectivity index (χ0) is 13.4. The first kappa shape index (κ1) is 14.9. The molecule has 0 spiro atoms. The van der Waals surface area contributed by atoms with Crippen LogP contribution in [0.15, 0.2) is 12.1 Å².